The maximum atomic E-state index is 13.6. The average Bonchev–Trinajstić information content (AvgIpc) is 3.12. The van der Waals surface area contributed by atoms with Crippen LogP contribution >= 0.6 is 11.5 Å². The molecule has 2 aromatic carbocycles. The van der Waals surface area contributed by atoms with Gasteiger partial charge in [-0.15, -0.1) is 0 Å². The molecule has 0 radical (unpaired) electrons. The van der Waals surface area contributed by atoms with E-state index in [2.05, 4.69) is 14.7 Å². The van der Waals surface area contributed by atoms with Gasteiger partial charge in [0.25, 0.3) is 5.56 Å². The van der Waals surface area contributed by atoms with Crippen LogP contribution in [-0.2, 0) is 11.3 Å². The summed E-state index contributed by atoms with van der Waals surface area (Å²) in [6, 6.07) is 12.2. The molecule has 29 heavy (non-hydrogen) atoms. The number of carbonyl (C=O) groups is 1. The van der Waals surface area contributed by atoms with E-state index >= 15 is 0 Å². The van der Waals surface area contributed by atoms with Gasteiger partial charge in [0.1, 0.15) is 28.3 Å². The highest BCUT2D eigenvalue weighted by molar-refractivity contribution is 7.13. The lowest BCUT2D eigenvalue weighted by molar-refractivity contribution is -0.116. The van der Waals surface area contributed by atoms with Crippen LogP contribution in [-0.4, -0.2) is 19.8 Å². The van der Waals surface area contributed by atoms with Crippen molar-refractivity contribution in [1.82, 2.24) is 13.9 Å². The van der Waals surface area contributed by atoms with E-state index in [1.165, 1.54) is 17.0 Å². The molecule has 0 fully saturated rings. The summed E-state index contributed by atoms with van der Waals surface area (Å²) in [6.45, 7) is 3.40. The first-order chi connectivity index (χ1) is 13.9. The fourth-order valence-electron chi connectivity index (χ4n) is 2.98. The second-order valence-electron chi connectivity index (χ2n) is 6.77. The van der Waals surface area contributed by atoms with Crippen LogP contribution in [0.2, 0.25) is 0 Å². The minimum Gasteiger partial charge on any atom is -0.324 e. The van der Waals surface area contributed by atoms with Gasteiger partial charge in [0.2, 0.25) is 5.91 Å². The van der Waals surface area contributed by atoms with Crippen molar-refractivity contribution in [2.45, 2.75) is 20.4 Å². The maximum Gasteiger partial charge on any atom is 0.273 e. The summed E-state index contributed by atoms with van der Waals surface area (Å²) in [5, 5.41) is 2.59. The second-order valence-corrected chi connectivity index (χ2v) is 7.54. The van der Waals surface area contributed by atoms with Crippen molar-refractivity contribution in [2.75, 3.05) is 5.32 Å². The number of nitrogens with zero attached hydrogens (tertiary/aromatic N) is 3. The van der Waals surface area contributed by atoms with Crippen molar-refractivity contribution in [3.05, 3.63) is 76.1 Å². The predicted octanol–water partition coefficient (Wildman–Crippen LogP) is 3.91. The number of aryl methyl sites for hydroxylation is 2. The van der Waals surface area contributed by atoms with Crippen LogP contribution in [0.25, 0.3) is 21.5 Å². The number of benzene rings is 2. The molecule has 2 heterocycles. The van der Waals surface area contributed by atoms with E-state index in [9.17, 15) is 14.0 Å². The lowest BCUT2D eigenvalue weighted by atomic mass is 10.1. The van der Waals surface area contributed by atoms with Gasteiger partial charge < -0.3 is 5.32 Å². The number of carbonyl (C=O) groups excluding carboxylic acids is 1. The smallest absolute Gasteiger partial charge is 0.273 e. The third-order valence-electron chi connectivity index (χ3n) is 4.51. The SMILES string of the molecule is Cc1cccc(-c2nsc3c(=O)n(CC(=O)Nc4ccc(C)c(F)c4)cnc23)c1. The standard InChI is InChI=1S/C21H17FN4O2S/c1-12-4-3-5-14(8-12)18-19-20(29-25-18)21(28)26(11-23-19)10-17(27)24-15-7-6-13(2)16(22)9-15/h3-9,11H,10H2,1-2H3,(H,24,27). The molecule has 8 heteroatoms. The number of hydrogen-bond acceptors (Lipinski definition) is 5. The molecule has 2 aromatic heterocycles. The first-order valence-corrected chi connectivity index (χ1v) is 9.67. The lowest BCUT2D eigenvalue weighted by Crippen LogP contribution is -2.27. The van der Waals surface area contributed by atoms with Crippen LogP contribution in [0.4, 0.5) is 10.1 Å². The molecule has 0 unspecified atom stereocenters. The molecule has 0 atom stereocenters. The first-order valence-electron chi connectivity index (χ1n) is 8.90. The Morgan fingerprint density at radius 2 is 2.03 bits per heavy atom. The quantitative estimate of drug-likeness (QED) is 0.555. The number of aromatic nitrogens is 3. The van der Waals surface area contributed by atoms with Gasteiger partial charge in [0.05, 0.1) is 6.33 Å². The molecule has 4 aromatic rings. The number of amides is 1. The zero-order valence-electron chi connectivity index (χ0n) is 15.8. The molecule has 0 saturated carbocycles. The number of hydrogen-bond donors (Lipinski definition) is 1. The minimum atomic E-state index is -0.445. The van der Waals surface area contributed by atoms with Gasteiger partial charge in [-0.1, -0.05) is 29.8 Å². The molecule has 4 rings (SSSR count). The molecule has 0 aliphatic carbocycles. The van der Waals surface area contributed by atoms with Crippen LogP contribution in [0, 0.1) is 19.7 Å². The highest BCUT2D eigenvalue weighted by Gasteiger charge is 2.16. The van der Waals surface area contributed by atoms with Gasteiger partial charge >= 0.3 is 0 Å². The maximum absolute atomic E-state index is 13.6. The Bertz CT molecular complexity index is 1300. The van der Waals surface area contributed by atoms with Crippen molar-refractivity contribution in [3.63, 3.8) is 0 Å². The van der Waals surface area contributed by atoms with E-state index in [0.29, 0.717) is 27.2 Å². The fourth-order valence-corrected chi connectivity index (χ4v) is 3.78. The fraction of sp³-hybridized carbons (Fsp3) is 0.143. The molecule has 0 aliphatic rings. The Balaban J connectivity index is 1.60. The van der Waals surface area contributed by atoms with Crippen LogP contribution in [0.15, 0.2) is 53.6 Å². The average molecular weight is 408 g/mol. The summed E-state index contributed by atoms with van der Waals surface area (Å²) in [6.07, 6.45) is 1.34. The van der Waals surface area contributed by atoms with Gasteiger partial charge in [-0.25, -0.2) is 9.37 Å². The minimum absolute atomic E-state index is 0.227. The highest BCUT2D eigenvalue weighted by Crippen LogP contribution is 2.27. The number of halogens is 1. The Hall–Kier alpha value is -3.39. The molecule has 0 saturated heterocycles. The zero-order chi connectivity index (χ0) is 20.5. The molecule has 0 aliphatic heterocycles. The van der Waals surface area contributed by atoms with Crippen LogP contribution in [0.5, 0.6) is 0 Å². The summed E-state index contributed by atoms with van der Waals surface area (Å²) < 4.78 is 19.6. The first kappa shape index (κ1) is 18.9. The molecule has 0 spiro atoms. The van der Waals surface area contributed by atoms with Crippen molar-refractivity contribution in [2.24, 2.45) is 0 Å². The molecule has 6 nitrogen and oxygen atoms in total. The predicted molar refractivity (Wildman–Crippen MR) is 112 cm³/mol. The van der Waals surface area contributed by atoms with Gasteiger partial charge in [-0.3, -0.25) is 14.2 Å². The van der Waals surface area contributed by atoms with Crippen molar-refractivity contribution in [1.29, 1.82) is 0 Å². The van der Waals surface area contributed by atoms with E-state index in [4.69, 9.17) is 0 Å². The summed E-state index contributed by atoms with van der Waals surface area (Å²) >= 11 is 1.06. The number of rotatable bonds is 4. The monoisotopic (exact) mass is 408 g/mol. The van der Waals surface area contributed by atoms with E-state index < -0.39 is 11.7 Å². The van der Waals surface area contributed by atoms with Gasteiger partial charge in [0, 0.05) is 11.3 Å². The summed E-state index contributed by atoms with van der Waals surface area (Å²) in [4.78, 5) is 29.4. The molecule has 1 N–H and O–H groups in total. The Morgan fingerprint density at radius 1 is 1.21 bits per heavy atom. The lowest BCUT2D eigenvalue weighted by Gasteiger charge is -2.08. The van der Waals surface area contributed by atoms with E-state index in [0.717, 1.165) is 22.7 Å². The van der Waals surface area contributed by atoms with Gasteiger partial charge in [-0.05, 0) is 49.1 Å². The van der Waals surface area contributed by atoms with E-state index in [1.807, 2.05) is 31.2 Å². The van der Waals surface area contributed by atoms with E-state index in [1.54, 1.807) is 19.1 Å². The number of fused-ring (bicyclic) bond motifs is 1. The van der Waals surface area contributed by atoms with Crippen molar-refractivity contribution < 1.29 is 9.18 Å². The largest absolute Gasteiger partial charge is 0.324 e. The van der Waals surface area contributed by atoms with Crippen LogP contribution in [0.1, 0.15) is 11.1 Å². The zero-order valence-corrected chi connectivity index (χ0v) is 16.6. The second kappa shape index (κ2) is 7.56. The van der Waals surface area contributed by atoms with Gasteiger partial charge in [0.15, 0.2) is 0 Å². The normalized spacial score (nSPS) is 11.0. The number of anilines is 1. The van der Waals surface area contributed by atoms with Crippen molar-refractivity contribution >= 4 is 33.3 Å². The highest BCUT2D eigenvalue weighted by atomic mass is 32.1. The summed E-state index contributed by atoms with van der Waals surface area (Å²) in [5.74, 6) is -0.851. The molecular formula is C21H17FN4O2S. The molecule has 146 valence electrons. The van der Waals surface area contributed by atoms with Crippen molar-refractivity contribution in [3.8, 4) is 11.3 Å². The third-order valence-corrected chi connectivity index (χ3v) is 5.33. The molecular weight excluding hydrogens is 391 g/mol. The summed E-state index contributed by atoms with van der Waals surface area (Å²) in [5.41, 5.74) is 3.63. The Morgan fingerprint density at radius 3 is 2.79 bits per heavy atom. The third kappa shape index (κ3) is 3.79. The van der Waals surface area contributed by atoms with E-state index in [-0.39, 0.29) is 12.1 Å². The molecule has 0 bridgehead atoms. The van der Waals surface area contributed by atoms with Crippen LogP contribution < -0.4 is 10.9 Å². The number of nitrogens with one attached hydrogen (secondary N) is 1. The summed E-state index contributed by atoms with van der Waals surface area (Å²) in [7, 11) is 0. The molecule has 1 amide bonds. The van der Waals surface area contributed by atoms with Gasteiger partial charge in [-0.2, -0.15) is 4.37 Å². The Labute approximate surface area is 169 Å². The van der Waals surface area contributed by atoms with Crippen LogP contribution in [0.3, 0.4) is 0 Å². The Kier molecular flexibility index (Phi) is 4.94. The topological polar surface area (TPSA) is 76.9 Å².